The minimum absolute atomic E-state index is 0.198. The zero-order valence-electron chi connectivity index (χ0n) is 6.99. The van der Waals surface area contributed by atoms with Crippen molar-refractivity contribution in [1.82, 2.24) is 0 Å². The Morgan fingerprint density at radius 3 is 2.00 bits per heavy atom. The van der Waals surface area contributed by atoms with Crippen LogP contribution in [0, 0.1) is 0 Å². The molecular formula is C7H14F3NO. The Balaban J connectivity index is 3.75. The molecule has 0 aromatic heterocycles. The lowest BCUT2D eigenvalue weighted by Crippen LogP contribution is -2.29. The SMILES string of the molecule is CC(O)(CCN)CCC(F)(F)F. The van der Waals surface area contributed by atoms with Gasteiger partial charge in [0.1, 0.15) is 0 Å². The fourth-order valence-corrected chi connectivity index (χ4v) is 0.847. The van der Waals surface area contributed by atoms with Crippen molar-refractivity contribution < 1.29 is 18.3 Å². The lowest BCUT2D eigenvalue weighted by Gasteiger charge is -2.22. The molecule has 0 aromatic rings. The van der Waals surface area contributed by atoms with Crippen LogP contribution < -0.4 is 5.73 Å². The van der Waals surface area contributed by atoms with E-state index in [1.54, 1.807) is 0 Å². The summed E-state index contributed by atoms with van der Waals surface area (Å²) in [4.78, 5) is 0. The van der Waals surface area contributed by atoms with Gasteiger partial charge in [-0.05, 0) is 26.3 Å². The van der Waals surface area contributed by atoms with Crippen LogP contribution in [0.3, 0.4) is 0 Å². The van der Waals surface area contributed by atoms with Crippen LogP contribution in [0.25, 0.3) is 0 Å². The van der Waals surface area contributed by atoms with E-state index in [-0.39, 0.29) is 19.4 Å². The Kier molecular flexibility index (Phi) is 3.99. The minimum atomic E-state index is -4.20. The summed E-state index contributed by atoms with van der Waals surface area (Å²) in [5.74, 6) is 0. The lowest BCUT2D eigenvalue weighted by atomic mass is 9.96. The molecule has 74 valence electrons. The fourth-order valence-electron chi connectivity index (χ4n) is 0.847. The van der Waals surface area contributed by atoms with Crippen LogP contribution in [0.5, 0.6) is 0 Å². The summed E-state index contributed by atoms with van der Waals surface area (Å²) in [6.07, 6.45) is -5.24. The van der Waals surface area contributed by atoms with Gasteiger partial charge < -0.3 is 10.8 Å². The number of halogens is 3. The van der Waals surface area contributed by atoms with Gasteiger partial charge in [0, 0.05) is 6.42 Å². The number of rotatable bonds is 4. The Labute approximate surface area is 69.6 Å². The van der Waals surface area contributed by atoms with Gasteiger partial charge in [0.15, 0.2) is 0 Å². The van der Waals surface area contributed by atoms with Crippen LogP contribution in [0.2, 0.25) is 0 Å². The molecule has 0 bridgehead atoms. The number of aliphatic hydroxyl groups is 1. The van der Waals surface area contributed by atoms with Gasteiger partial charge in [0.05, 0.1) is 5.60 Å². The van der Waals surface area contributed by atoms with Crippen molar-refractivity contribution in [3.63, 3.8) is 0 Å². The molecule has 0 saturated carbocycles. The molecule has 0 spiro atoms. The van der Waals surface area contributed by atoms with Gasteiger partial charge in [-0.2, -0.15) is 13.2 Å². The monoisotopic (exact) mass is 185 g/mol. The summed E-state index contributed by atoms with van der Waals surface area (Å²) < 4.78 is 35.1. The molecule has 0 heterocycles. The molecular weight excluding hydrogens is 171 g/mol. The van der Waals surface area contributed by atoms with Crippen molar-refractivity contribution in [3.05, 3.63) is 0 Å². The zero-order chi connectivity index (χ0) is 9.83. The highest BCUT2D eigenvalue weighted by Crippen LogP contribution is 2.26. The molecule has 0 rings (SSSR count). The molecule has 0 aliphatic heterocycles. The molecule has 0 radical (unpaired) electrons. The first-order valence-corrected chi connectivity index (χ1v) is 3.76. The maximum Gasteiger partial charge on any atom is 0.389 e. The third-order valence-corrected chi connectivity index (χ3v) is 1.63. The molecule has 0 aromatic carbocycles. The van der Waals surface area contributed by atoms with Gasteiger partial charge in [-0.15, -0.1) is 0 Å². The second kappa shape index (κ2) is 4.09. The molecule has 0 amide bonds. The normalized spacial score (nSPS) is 17.5. The van der Waals surface area contributed by atoms with Gasteiger partial charge >= 0.3 is 6.18 Å². The molecule has 0 aliphatic carbocycles. The third kappa shape index (κ3) is 6.42. The van der Waals surface area contributed by atoms with E-state index >= 15 is 0 Å². The maximum atomic E-state index is 11.7. The van der Waals surface area contributed by atoms with E-state index in [9.17, 15) is 18.3 Å². The molecule has 1 atom stereocenters. The Morgan fingerprint density at radius 2 is 1.67 bits per heavy atom. The summed E-state index contributed by atoms with van der Waals surface area (Å²) in [5.41, 5.74) is 3.83. The van der Waals surface area contributed by atoms with Gasteiger partial charge in [0.25, 0.3) is 0 Å². The van der Waals surface area contributed by atoms with E-state index in [1.807, 2.05) is 0 Å². The van der Waals surface area contributed by atoms with Gasteiger partial charge in [0.2, 0.25) is 0 Å². The predicted octanol–water partition coefficient (Wildman–Crippen LogP) is 1.43. The zero-order valence-corrected chi connectivity index (χ0v) is 6.99. The summed E-state index contributed by atoms with van der Waals surface area (Å²) in [6.45, 7) is 1.57. The van der Waals surface area contributed by atoms with Gasteiger partial charge in [-0.3, -0.25) is 0 Å². The summed E-state index contributed by atoms with van der Waals surface area (Å²) in [6, 6.07) is 0. The minimum Gasteiger partial charge on any atom is -0.390 e. The van der Waals surface area contributed by atoms with Crippen LogP contribution in [-0.4, -0.2) is 23.4 Å². The Bertz CT molecular complexity index is 133. The van der Waals surface area contributed by atoms with Crippen LogP contribution in [0.4, 0.5) is 13.2 Å². The van der Waals surface area contributed by atoms with E-state index in [0.29, 0.717) is 0 Å². The third-order valence-electron chi connectivity index (χ3n) is 1.63. The average molecular weight is 185 g/mol. The van der Waals surface area contributed by atoms with E-state index in [4.69, 9.17) is 5.73 Å². The quantitative estimate of drug-likeness (QED) is 0.696. The van der Waals surface area contributed by atoms with Crippen molar-refractivity contribution in [2.45, 2.75) is 38.0 Å². The van der Waals surface area contributed by atoms with Crippen LogP contribution in [-0.2, 0) is 0 Å². The number of hydrogen-bond acceptors (Lipinski definition) is 2. The van der Waals surface area contributed by atoms with E-state index < -0.39 is 18.2 Å². The lowest BCUT2D eigenvalue weighted by molar-refractivity contribution is -0.145. The molecule has 0 fully saturated rings. The van der Waals surface area contributed by atoms with Crippen molar-refractivity contribution in [2.75, 3.05) is 6.54 Å². The highest BCUT2D eigenvalue weighted by molar-refractivity contribution is 4.74. The topological polar surface area (TPSA) is 46.2 Å². The number of hydrogen-bond donors (Lipinski definition) is 2. The molecule has 5 heteroatoms. The van der Waals surface area contributed by atoms with Crippen LogP contribution in [0.15, 0.2) is 0 Å². The second-order valence-corrected chi connectivity index (χ2v) is 3.15. The standard InChI is InChI=1S/C7H14F3NO/c1-6(12,4-5-11)2-3-7(8,9)10/h12H,2-5,11H2,1H3. The molecule has 0 aliphatic rings. The van der Waals surface area contributed by atoms with Gasteiger partial charge in [-0.1, -0.05) is 0 Å². The van der Waals surface area contributed by atoms with E-state index in [0.717, 1.165) is 0 Å². The second-order valence-electron chi connectivity index (χ2n) is 3.15. The summed E-state index contributed by atoms with van der Waals surface area (Å²) >= 11 is 0. The number of alkyl halides is 3. The van der Waals surface area contributed by atoms with E-state index in [1.165, 1.54) is 6.92 Å². The largest absolute Gasteiger partial charge is 0.390 e. The molecule has 3 N–H and O–H groups in total. The highest BCUT2D eigenvalue weighted by atomic mass is 19.4. The fraction of sp³-hybridized carbons (Fsp3) is 1.00. The Morgan fingerprint density at radius 1 is 1.17 bits per heavy atom. The van der Waals surface area contributed by atoms with Crippen molar-refractivity contribution in [3.8, 4) is 0 Å². The maximum absolute atomic E-state index is 11.7. The smallest absolute Gasteiger partial charge is 0.389 e. The summed E-state index contributed by atoms with van der Waals surface area (Å²) in [7, 11) is 0. The van der Waals surface area contributed by atoms with Crippen molar-refractivity contribution >= 4 is 0 Å². The highest BCUT2D eigenvalue weighted by Gasteiger charge is 2.31. The number of nitrogens with two attached hydrogens (primary N) is 1. The van der Waals surface area contributed by atoms with Crippen molar-refractivity contribution in [1.29, 1.82) is 0 Å². The first-order valence-electron chi connectivity index (χ1n) is 3.76. The average Bonchev–Trinajstić information content (AvgIpc) is 1.83. The van der Waals surface area contributed by atoms with E-state index in [2.05, 4.69) is 0 Å². The molecule has 1 unspecified atom stereocenters. The predicted molar refractivity (Wildman–Crippen MR) is 39.6 cm³/mol. The first-order chi connectivity index (χ1) is 5.27. The summed E-state index contributed by atoms with van der Waals surface area (Å²) in [5, 5.41) is 9.30. The Hall–Kier alpha value is -0.290. The molecule has 12 heavy (non-hydrogen) atoms. The molecule has 2 nitrogen and oxygen atoms in total. The molecule has 0 saturated heterocycles. The van der Waals surface area contributed by atoms with Gasteiger partial charge in [-0.25, -0.2) is 0 Å². The van der Waals surface area contributed by atoms with Crippen LogP contribution in [0.1, 0.15) is 26.2 Å². The first kappa shape index (κ1) is 11.7. The van der Waals surface area contributed by atoms with Crippen molar-refractivity contribution in [2.24, 2.45) is 5.73 Å². The van der Waals surface area contributed by atoms with Crippen LogP contribution >= 0.6 is 0 Å².